The van der Waals surface area contributed by atoms with Crippen molar-refractivity contribution < 1.29 is 17.5 Å². The van der Waals surface area contributed by atoms with Crippen LogP contribution < -0.4 is 10.6 Å². The molecule has 3 aromatic rings. The molecule has 0 radical (unpaired) electrons. The number of anilines is 2. The Labute approximate surface area is 202 Å². The molecule has 5 rings (SSSR count). The van der Waals surface area contributed by atoms with Gasteiger partial charge in [0.15, 0.2) is 15.7 Å². The van der Waals surface area contributed by atoms with E-state index in [2.05, 4.69) is 4.90 Å². The van der Waals surface area contributed by atoms with Crippen molar-refractivity contribution in [2.24, 2.45) is 0 Å². The van der Waals surface area contributed by atoms with Gasteiger partial charge in [-0.3, -0.25) is 0 Å². The Balaban J connectivity index is 1.65. The lowest BCUT2D eigenvalue weighted by Gasteiger charge is -2.34. The third-order valence-electron chi connectivity index (χ3n) is 6.43. The lowest BCUT2D eigenvalue weighted by atomic mass is 10.1. The van der Waals surface area contributed by atoms with Crippen LogP contribution in [-0.2, 0) is 19.3 Å². The van der Waals surface area contributed by atoms with Gasteiger partial charge < -0.3 is 15.4 Å². The molecule has 1 aromatic heterocycles. The molecule has 0 unspecified atom stereocenters. The molecular weight excluding hydrogens is 479 g/mol. The minimum absolute atomic E-state index is 0.0228. The Morgan fingerprint density at radius 3 is 2.53 bits per heavy atom. The third kappa shape index (κ3) is 3.91. The van der Waals surface area contributed by atoms with Crippen molar-refractivity contribution in [1.29, 1.82) is 0 Å². The molecule has 0 bridgehead atoms. The summed E-state index contributed by atoms with van der Waals surface area (Å²) in [4.78, 5) is 11.6. The van der Waals surface area contributed by atoms with Crippen molar-refractivity contribution in [3.05, 3.63) is 65.1 Å². The molecule has 2 aromatic carbocycles. The third-order valence-corrected chi connectivity index (χ3v) is 9.24. The number of morpholine rings is 1. The van der Waals surface area contributed by atoms with Crippen LogP contribution in [0.1, 0.15) is 25.5 Å². The molecule has 1 saturated heterocycles. The Bertz CT molecular complexity index is 1350. The zero-order valence-corrected chi connectivity index (χ0v) is 20.1. The first-order valence-corrected chi connectivity index (χ1v) is 12.9. The van der Waals surface area contributed by atoms with Gasteiger partial charge in [-0.15, -0.1) is 0 Å². The number of nitrogens with zero attached hydrogens (tertiary/aromatic N) is 3. The normalized spacial score (nSPS) is 19.7. The average molecular weight is 503 g/mol. The number of nitrogen functional groups attached to an aromatic ring is 1. The zero-order valence-electron chi connectivity index (χ0n) is 18.5. The summed E-state index contributed by atoms with van der Waals surface area (Å²) in [5.74, 6) is 0.401. The fourth-order valence-corrected chi connectivity index (χ4v) is 6.53. The standard InChI is InChI=1S/C24H24ClFN4O3S/c1-15-14-33-11-10-30(15)22-13-21(28-23(29-22)16-2-4-17(27)5-3-16)24(8-9-24)34(31,32)18-6-7-20(26)19(25)12-18/h2-7,12-13,15H,8-11,14,27H2,1H3/t15-/m0/s1. The molecule has 1 saturated carbocycles. The van der Waals surface area contributed by atoms with Gasteiger partial charge >= 0.3 is 0 Å². The fourth-order valence-electron chi connectivity index (χ4n) is 4.29. The molecule has 34 heavy (non-hydrogen) atoms. The van der Waals surface area contributed by atoms with Gasteiger partial charge in [-0.2, -0.15) is 0 Å². The summed E-state index contributed by atoms with van der Waals surface area (Å²) >= 11 is 5.90. The van der Waals surface area contributed by atoms with E-state index in [1.807, 2.05) is 19.1 Å². The predicted molar refractivity (Wildman–Crippen MR) is 129 cm³/mol. The molecular formula is C24H24ClFN4O3S. The quantitative estimate of drug-likeness (QED) is 0.412. The number of hydrogen-bond acceptors (Lipinski definition) is 7. The maximum Gasteiger partial charge on any atom is 0.189 e. The van der Waals surface area contributed by atoms with Crippen molar-refractivity contribution in [3.63, 3.8) is 0 Å². The zero-order chi connectivity index (χ0) is 24.1. The number of ether oxygens (including phenoxy) is 1. The van der Waals surface area contributed by atoms with Crippen LogP contribution in [0.15, 0.2) is 53.4 Å². The SMILES string of the molecule is C[C@H]1COCCN1c1cc(C2(S(=O)(=O)c3ccc(F)c(Cl)c3)CC2)nc(-c2ccc(N)cc2)n1. The minimum atomic E-state index is -3.89. The maximum atomic E-state index is 13.7. The van der Waals surface area contributed by atoms with Crippen molar-refractivity contribution in [2.75, 3.05) is 30.4 Å². The van der Waals surface area contributed by atoms with Gasteiger partial charge in [-0.05, 0) is 62.2 Å². The maximum absolute atomic E-state index is 13.7. The Kier molecular flexibility index (Phi) is 5.74. The van der Waals surface area contributed by atoms with Crippen LogP contribution in [0.3, 0.4) is 0 Å². The van der Waals surface area contributed by atoms with Gasteiger partial charge in [0.05, 0.1) is 34.9 Å². The number of nitrogens with two attached hydrogens (primary N) is 1. The molecule has 178 valence electrons. The molecule has 7 nitrogen and oxygen atoms in total. The summed E-state index contributed by atoms with van der Waals surface area (Å²) in [7, 11) is -3.89. The van der Waals surface area contributed by atoms with E-state index in [4.69, 9.17) is 32.0 Å². The Morgan fingerprint density at radius 2 is 1.88 bits per heavy atom. The van der Waals surface area contributed by atoms with E-state index in [1.54, 1.807) is 18.2 Å². The van der Waals surface area contributed by atoms with Gasteiger partial charge in [0.25, 0.3) is 0 Å². The van der Waals surface area contributed by atoms with E-state index in [-0.39, 0.29) is 16.0 Å². The molecule has 0 spiro atoms. The monoisotopic (exact) mass is 502 g/mol. The Morgan fingerprint density at radius 1 is 1.15 bits per heavy atom. The van der Waals surface area contributed by atoms with E-state index < -0.39 is 20.4 Å². The first kappa shape index (κ1) is 23.0. The van der Waals surface area contributed by atoms with E-state index in [1.165, 1.54) is 12.1 Å². The van der Waals surface area contributed by atoms with Crippen molar-refractivity contribution in [2.45, 2.75) is 35.4 Å². The van der Waals surface area contributed by atoms with Crippen LogP contribution in [0, 0.1) is 5.82 Å². The average Bonchev–Trinajstić information content (AvgIpc) is 3.64. The van der Waals surface area contributed by atoms with Crippen LogP contribution >= 0.6 is 11.6 Å². The number of sulfone groups is 1. The smallest absolute Gasteiger partial charge is 0.189 e. The van der Waals surface area contributed by atoms with Gasteiger partial charge in [0, 0.05) is 23.9 Å². The van der Waals surface area contributed by atoms with Crippen LogP contribution in [0.4, 0.5) is 15.9 Å². The summed E-state index contributed by atoms with van der Waals surface area (Å²) in [6.45, 7) is 3.77. The Hall–Kier alpha value is -2.75. The molecule has 1 aliphatic carbocycles. The first-order valence-electron chi connectivity index (χ1n) is 11.0. The molecule has 2 N–H and O–H groups in total. The summed E-state index contributed by atoms with van der Waals surface area (Å²) < 4.78 is 45.5. The van der Waals surface area contributed by atoms with Gasteiger partial charge in [0.1, 0.15) is 16.4 Å². The van der Waals surface area contributed by atoms with E-state index >= 15 is 0 Å². The second-order valence-electron chi connectivity index (χ2n) is 8.75. The lowest BCUT2D eigenvalue weighted by molar-refractivity contribution is 0.0985. The second-order valence-corrected chi connectivity index (χ2v) is 11.4. The van der Waals surface area contributed by atoms with Gasteiger partial charge in [-0.1, -0.05) is 11.6 Å². The molecule has 1 aliphatic heterocycles. The molecule has 10 heteroatoms. The highest BCUT2D eigenvalue weighted by Gasteiger charge is 2.58. The number of rotatable bonds is 5. The number of aromatic nitrogens is 2. The highest BCUT2D eigenvalue weighted by molar-refractivity contribution is 7.92. The summed E-state index contributed by atoms with van der Waals surface area (Å²) in [6.07, 6.45) is 0.807. The lowest BCUT2D eigenvalue weighted by Crippen LogP contribution is -2.44. The predicted octanol–water partition coefficient (Wildman–Crippen LogP) is 4.21. The van der Waals surface area contributed by atoms with E-state index in [0.29, 0.717) is 55.6 Å². The molecule has 1 atom stereocenters. The topological polar surface area (TPSA) is 98.4 Å². The highest BCUT2D eigenvalue weighted by atomic mass is 35.5. The van der Waals surface area contributed by atoms with Crippen molar-refractivity contribution >= 4 is 32.9 Å². The summed E-state index contributed by atoms with van der Waals surface area (Å²) in [6, 6.07) is 12.5. The number of hydrogen-bond donors (Lipinski definition) is 1. The number of benzene rings is 2. The molecule has 2 fully saturated rings. The van der Waals surface area contributed by atoms with E-state index in [0.717, 1.165) is 11.6 Å². The summed E-state index contributed by atoms with van der Waals surface area (Å²) in [5, 5.41) is -0.232. The van der Waals surface area contributed by atoms with Crippen LogP contribution in [0.5, 0.6) is 0 Å². The largest absolute Gasteiger partial charge is 0.399 e. The van der Waals surface area contributed by atoms with Gasteiger partial charge in [0.2, 0.25) is 0 Å². The van der Waals surface area contributed by atoms with Crippen LogP contribution in [-0.4, -0.2) is 44.2 Å². The highest BCUT2D eigenvalue weighted by Crippen LogP contribution is 2.55. The molecule has 0 amide bonds. The van der Waals surface area contributed by atoms with E-state index in [9.17, 15) is 12.8 Å². The van der Waals surface area contributed by atoms with Crippen LogP contribution in [0.25, 0.3) is 11.4 Å². The van der Waals surface area contributed by atoms with Gasteiger partial charge in [-0.25, -0.2) is 22.8 Å². The van der Waals surface area contributed by atoms with Crippen LogP contribution in [0.2, 0.25) is 5.02 Å². The fraction of sp³-hybridized carbons (Fsp3) is 0.333. The minimum Gasteiger partial charge on any atom is -0.399 e. The van der Waals surface area contributed by atoms with Crippen molar-refractivity contribution in [3.8, 4) is 11.4 Å². The van der Waals surface area contributed by atoms with Crippen molar-refractivity contribution in [1.82, 2.24) is 9.97 Å². The first-order chi connectivity index (χ1) is 16.2. The number of halogens is 2. The summed E-state index contributed by atoms with van der Waals surface area (Å²) in [5.41, 5.74) is 7.60. The molecule has 2 heterocycles. The molecule has 2 aliphatic rings. The second kappa shape index (κ2) is 8.48.